The zero-order valence-electron chi connectivity index (χ0n) is 20.2. The van der Waals surface area contributed by atoms with E-state index in [1.807, 2.05) is 0 Å². The van der Waals surface area contributed by atoms with Gasteiger partial charge in [0.1, 0.15) is 5.65 Å². The first-order valence-corrected chi connectivity index (χ1v) is 12.6. The number of nitrogens with zero attached hydrogens (tertiary/aromatic N) is 5. The SMILES string of the molecule is CC1(C)CN(C2(CNC(=O)c3cn(-c4ncc(F)cn4)c4nccc(Cl)c34)CCCCC2)CCN1. The molecule has 1 saturated heterocycles. The minimum Gasteiger partial charge on any atom is -0.350 e. The number of rotatable bonds is 5. The average molecular weight is 500 g/mol. The van der Waals surface area contributed by atoms with Crippen LogP contribution in [0.1, 0.15) is 56.3 Å². The summed E-state index contributed by atoms with van der Waals surface area (Å²) < 4.78 is 15.0. The van der Waals surface area contributed by atoms with Gasteiger partial charge in [0.15, 0.2) is 5.82 Å². The van der Waals surface area contributed by atoms with E-state index in [1.165, 1.54) is 6.42 Å². The molecule has 2 aliphatic rings. The molecule has 186 valence electrons. The van der Waals surface area contributed by atoms with Gasteiger partial charge in [-0.2, -0.15) is 0 Å². The minimum absolute atomic E-state index is 0.0362. The molecule has 0 aromatic carbocycles. The Labute approximate surface area is 209 Å². The molecule has 5 rings (SSSR count). The minimum atomic E-state index is -0.539. The Hall–Kier alpha value is -2.62. The van der Waals surface area contributed by atoms with Crippen molar-refractivity contribution in [1.29, 1.82) is 0 Å². The molecule has 10 heteroatoms. The fourth-order valence-corrected chi connectivity index (χ4v) is 5.81. The topological polar surface area (TPSA) is 88.0 Å². The molecule has 4 heterocycles. The highest BCUT2D eigenvalue weighted by Crippen LogP contribution is 2.35. The second-order valence-electron chi connectivity index (χ2n) is 10.3. The number of carbonyl (C=O) groups is 1. The van der Waals surface area contributed by atoms with E-state index in [1.54, 1.807) is 23.0 Å². The Morgan fingerprint density at radius 3 is 2.66 bits per heavy atom. The maximum atomic E-state index is 13.6. The molecule has 0 radical (unpaired) electrons. The molecule has 8 nitrogen and oxygen atoms in total. The average Bonchev–Trinajstić information content (AvgIpc) is 3.24. The molecular formula is C25H31ClFN7O. The summed E-state index contributed by atoms with van der Waals surface area (Å²) in [6.45, 7) is 7.88. The van der Waals surface area contributed by atoms with Crippen molar-refractivity contribution < 1.29 is 9.18 Å². The first-order valence-electron chi connectivity index (χ1n) is 12.2. The first kappa shape index (κ1) is 24.1. The predicted molar refractivity (Wildman–Crippen MR) is 133 cm³/mol. The number of pyridine rings is 1. The summed E-state index contributed by atoms with van der Waals surface area (Å²) >= 11 is 6.51. The van der Waals surface area contributed by atoms with Crippen LogP contribution >= 0.6 is 11.6 Å². The van der Waals surface area contributed by atoms with Crippen molar-refractivity contribution in [2.24, 2.45) is 0 Å². The van der Waals surface area contributed by atoms with E-state index in [0.29, 0.717) is 28.2 Å². The van der Waals surface area contributed by atoms with Crippen LogP contribution in [0.15, 0.2) is 30.9 Å². The molecule has 3 aromatic heterocycles. The Morgan fingerprint density at radius 1 is 1.20 bits per heavy atom. The number of nitrogens with one attached hydrogen (secondary N) is 2. The van der Waals surface area contributed by atoms with Crippen LogP contribution in [-0.4, -0.2) is 67.6 Å². The van der Waals surface area contributed by atoms with Gasteiger partial charge < -0.3 is 10.6 Å². The van der Waals surface area contributed by atoms with E-state index in [2.05, 4.69) is 44.3 Å². The Balaban J connectivity index is 1.44. The highest BCUT2D eigenvalue weighted by molar-refractivity contribution is 6.36. The van der Waals surface area contributed by atoms with Crippen molar-refractivity contribution in [3.63, 3.8) is 0 Å². The molecule has 0 unspecified atom stereocenters. The van der Waals surface area contributed by atoms with Gasteiger partial charge in [0, 0.05) is 49.7 Å². The second-order valence-corrected chi connectivity index (χ2v) is 10.7. The Kier molecular flexibility index (Phi) is 6.50. The smallest absolute Gasteiger partial charge is 0.253 e. The maximum absolute atomic E-state index is 13.6. The zero-order chi connectivity index (χ0) is 24.6. The summed E-state index contributed by atoms with van der Waals surface area (Å²) in [7, 11) is 0. The van der Waals surface area contributed by atoms with Crippen molar-refractivity contribution in [3.8, 4) is 5.95 Å². The number of amides is 1. The third kappa shape index (κ3) is 4.77. The second kappa shape index (κ2) is 9.44. The summed E-state index contributed by atoms with van der Waals surface area (Å²) in [5.74, 6) is -0.537. The van der Waals surface area contributed by atoms with Crippen molar-refractivity contribution in [2.45, 2.75) is 57.0 Å². The molecule has 0 bridgehead atoms. The maximum Gasteiger partial charge on any atom is 0.253 e. The van der Waals surface area contributed by atoms with Gasteiger partial charge in [0.05, 0.1) is 28.4 Å². The molecule has 0 atom stereocenters. The van der Waals surface area contributed by atoms with E-state index in [0.717, 1.165) is 57.7 Å². The molecule has 1 amide bonds. The molecular weight excluding hydrogens is 469 g/mol. The van der Waals surface area contributed by atoms with E-state index < -0.39 is 5.82 Å². The van der Waals surface area contributed by atoms with Gasteiger partial charge in [0.2, 0.25) is 5.95 Å². The fourth-order valence-electron chi connectivity index (χ4n) is 5.57. The number of fused-ring (bicyclic) bond motifs is 1. The number of hydrogen-bond donors (Lipinski definition) is 2. The van der Waals surface area contributed by atoms with E-state index >= 15 is 0 Å². The lowest BCUT2D eigenvalue weighted by Crippen LogP contribution is -2.66. The van der Waals surface area contributed by atoms with Gasteiger partial charge in [-0.3, -0.25) is 14.3 Å². The summed E-state index contributed by atoms with van der Waals surface area (Å²) in [4.78, 5) is 28.7. The van der Waals surface area contributed by atoms with Crippen LogP contribution in [0.25, 0.3) is 17.0 Å². The van der Waals surface area contributed by atoms with Crippen molar-refractivity contribution in [2.75, 3.05) is 26.2 Å². The zero-order valence-corrected chi connectivity index (χ0v) is 20.9. The number of carbonyl (C=O) groups excluding carboxylic acids is 1. The quantitative estimate of drug-likeness (QED) is 0.556. The summed E-state index contributed by atoms with van der Waals surface area (Å²) in [6.07, 6.45) is 11.1. The summed E-state index contributed by atoms with van der Waals surface area (Å²) in [6, 6.07) is 1.65. The van der Waals surface area contributed by atoms with Crippen LogP contribution in [0.3, 0.4) is 0 Å². The molecule has 2 fully saturated rings. The number of aromatic nitrogens is 4. The van der Waals surface area contributed by atoms with Crippen LogP contribution in [0.5, 0.6) is 0 Å². The molecule has 1 aliphatic carbocycles. The number of halogens is 2. The third-order valence-corrected chi connectivity index (χ3v) is 7.62. The van der Waals surface area contributed by atoms with Crippen LogP contribution < -0.4 is 10.6 Å². The van der Waals surface area contributed by atoms with Gasteiger partial charge >= 0.3 is 0 Å². The molecule has 3 aromatic rings. The predicted octanol–water partition coefficient (Wildman–Crippen LogP) is 3.72. The lowest BCUT2D eigenvalue weighted by atomic mass is 9.78. The number of piperazine rings is 1. The first-order chi connectivity index (χ1) is 16.8. The highest BCUT2D eigenvalue weighted by atomic mass is 35.5. The van der Waals surface area contributed by atoms with Crippen LogP contribution in [0, 0.1) is 5.82 Å². The highest BCUT2D eigenvalue weighted by Gasteiger charge is 2.42. The largest absolute Gasteiger partial charge is 0.350 e. The van der Waals surface area contributed by atoms with Crippen molar-refractivity contribution in [1.82, 2.24) is 35.1 Å². The molecule has 1 aliphatic heterocycles. The van der Waals surface area contributed by atoms with Gasteiger partial charge in [-0.15, -0.1) is 0 Å². The monoisotopic (exact) mass is 499 g/mol. The summed E-state index contributed by atoms with van der Waals surface area (Å²) in [5.41, 5.74) is 0.825. The van der Waals surface area contributed by atoms with Gasteiger partial charge in [-0.25, -0.2) is 19.3 Å². The fraction of sp³-hybridized carbons (Fsp3) is 0.520. The summed E-state index contributed by atoms with van der Waals surface area (Å²) in [5, 5.41) is 7.76. The molecule has 35 heavy (non-hydrogen) atoms. The van der Waals surface area contributed by atoms with Crippen LogP contribution in [-0.2, 0) is 0 Å². The lowest BCUT2D eigenvalue weighted by molar-refractivity contribution is 0.00950. The van der Waals surface area contributed by atoms with Crippen molar-refractivity contribution in [3.05, 3.63) is 47.3 Å². The normalized spacial score (nSPS) is 20.1. The Morgan fingerprint density at radius 2 is 1.94 bits per heavy atom. The molecule has 1 saturated carbocycles. The molecule has 0 spiro atoms. The van der Waals surface area contributed by atoms with E-state index in [4.69, 9.17) is 11.6 Å². The van der Waals surface area contributed by atoms with Crippen LogP contribution in [0.4, 0.5) is 4.39 Å². The van der Waals surface area contributed by atoms with Crippen molar-refractivity contribution >= 4 is 28.5 Å². The van der Waals surface area contributed by atoms with E-state index in [9.17, 15) is 9.18 Å². The Bertz CT molecular complexity index is 1220. The standard InChI is InChI=1S/C25H31ClFN7O/c1-24(2)16-33(11-10-32-24)25(7-4-3-5-8-25)15-31-22(35)18-14-34(23-29-12-17(27)13-30-23)21-20(18)19(26)6-9-28-21/h6,9,12-14,32H,3-5,7-8,10-11,15-16H2,1-2H3,(H,31,35). The molecule has 2 N–H and O–H groups in total. The van der Waals surface area contributed by atoms with Gasteiger partial charge in [-0.1, -0.05) is 30.9 Å². The van der Waals surface area contributed by atoms with Gasteiger partial charge in [0.25, 0.3) is 5.91 Å². The number of hydrogen-bond acceptors (Lipinski definition) is 6. The lowest BCUT2D eigenvalue weighted by Gasteiger charge is -2.52. The van der Waals surface area contributed by atoms with Gasteiger partial charge in [-0.05, 0) is 32.8 Å². The van der Waals surface area contributed by atoms with E-state index in [-0.39, 0.29) is 22.9 Å². The third-order valence-electron chi connectivity index (χ3n) is 7.31. The van der Waals surface area contributed by atoms with Crippen LogP contribution in [0.2, 0.25) is 5.02 Å².